The maximum atomic E-state index is 9.79. The van der Waals surface area contributed by atoms with Crippen molar-refractivity contribution in [2.75, 3.05) is 11.9 Å². The molecule has 0 aromatic heterocycles. The summed E-state index contributed by atoms with van der Waals surface area (Å²) < 4.78 is 0. The van der Waals surface area contributed by atoms with E-state index >= 15 is 0 Å². The second-order valence-electron chi connectivity index (χ2n) is 1.86. The van der Waals surface area contributed by atoms with Crippen LogP contribution in [0.15, 0.2) is 30.3 Å². The Balaban J connectivity index is 2.50. The molecule has 2 nitrogen and oxygen atoms in total. The SMILES string of the molecule is O=[C]CNc1ccccc1. The molecule has 1 N–H and O–H groups in total. The molecule has 1 aromatic carbocycles. The van der Waals surface area contributed by atoms with E-state index in [9.17, 15) is 4.79 Å². The normalized spacial score (nSPS) is 8.80. The quantitative estimate of drug-likeness (QED) is 0.673. The van der Waals surface area contributed by atoms with Crippen molar-refractivity contribution in [1.29, 1.82) is 0 Å². The van der Waals surface area contributed by atoms with E-state index < -0.39 is 0 Å². The minimum atomic E-state index is 0.254. The van der Waals surface area contributed by atoms with Crippen LogP contribution >= 0.6 is 0 Å². The molecule has 0 amide bonds. The van der Waals surface area contributed by atoms with Crippen molar-refractivity contribution in [1.82, 2.24) is 0 Å². The second kappa shape index (κ2) is 3.67. The van der Waals surface area contributed by atoms with Crippen molar-refractivity contribution < 1.29 is 4.79 Å². The Labute approximate surface area is 59.9 Å². The fourth-order valence-corrected chi connectivity index (χ4v) is 0.694. The Morgan fingerprint density at radius 3 is 2.60 bits per heavy atom. The summed E-state index contributed by atoms with van der Waals surface area (Å²) in [7, 11) is 0. The van der Waals surface area contributed by atoms with Gasteiger partial charge >= 0.3 is 0 Å². The van der Waals surface area contributed by atoms with E-state index in [1.54, 1.807) is 6.29 Å². The molecule has 2 heteroatoms. The molecule has 10 heavy (non-hydrogen) atoms. The molecule has 0 saturated heterocycles. The number of hydrogen-bond acceptors (Lipinski definition) is 2. The summed E-state index contributed by atoms with van der Waals surface area (Å²) in [6.07, 6.45) is 1.76. The van der Waals surface area contributed by atoms with Crippen LogP contribution in [0.1, 0.15) is 0 Å². The number of nitrogens with one attached hydrogen (secondary N) is 1. The Kier molecular flexibility index (Phi) is 2.49. The summed E-state index contributed by atoms with van der Waals surface area (Å²) in [5.74, 6) is 0. The third-order valence-electron chi connectivity index (χ3n) is 1.14. The molecule has 0 unspecified atom stereocenters. The highest BCUT2D eigenvalue weighted by atomic mass is 16.1. The van der Waals surface area contributed by atoms with Gasteiger partial charge in [0.05, 0.1) is 6.54 Å². The zero-order chi connectivity index (χ0) is 7.23. The molecule has 0 bridgehead atoms. The van der Waals surface area contributed by atoms with Crippen LogP contribution in [0.4, 0.5) is 5.69 Å². The maximum absolute atomic E-state index is 9.79. The Morgan fingerprint density at radius 2 is 2.00 bits per heavy atom. The van der Waals surface area contributed by atoms with E-state index in [0.717, 1.165) is 5.69 Å². The number of benzene rings is 1. The molecular weight excluding hydrogens is 126 g/mol. The minimum absolute atomic E-state index is 0.254. The monoisotopic (exact) mass is 134 g/mol. The first-order valence-corrected chi connectivity index (χ1v) is 3.07. The topological polar surface area (TPSA) is 29.1 Å². The van der Waals surface area contributed by atoms with Crippen LogP contribution in [0, 0.1) is 0 Å². The molecule has 0 fully saturated rings. The van der Waals surface area contributed by atoms with Gasteiger partial charge in [0.1, 0.15) is 0 Å². The highest BCUT2D eigenvalue weighted by Crippen LogP contribution is 2.02. The van der Waals surface area contributed by atoms with Gasteiger partial charge in [0.2, 0.25) is 6.29 Å². The first-order valence-electron chi connectivity index (χ1n) is 3.07. The second-order valence-corrected chi connectivity index (χ2v) is 1.86. The maximum Gasteiger partial charge on any atom is 0.219 e. The molecule has 0 aliphatic carbocycles. The Bertz CT molecular complexity index is 196. The predicted molar refractivity (Wildman–Crippen MR) is 40.6 cm³/mol. The van der Waals surface area contributed by atoms with E-state index in [-0.39, 0.29) is 6.54 Å². The lowest BCUT2D eigenvalue weighted by Crippen LogP contribution is -2.00. The van der Waals surface area contributed by atoms with Gasteiger partial charge in [0.15, 0.2) is 0 Å². The fraction of sp³-hybridized carbons (Fsp3) is 0.125. The van der Waals surface area contributed by atoms with Gasteiger partial charge in [-0.15, -0.1) is 0 Å². The van der Waals surface area contributed by atoms with Gasteiger partial charge in [-0.1, -0.05) is 18.2 Å². The predicted octanol–water partition coefficient (Wildman–Crippen LogP) is 1.21. The average molecular weight is 134 g/mol. The molecule has 1 radical (unpaired) electrons. The van der Waals surface area contributed by atoms with Crippen LogP contribution in [0.25, 0.3) is 0 Å². The van der Waals surface area contributed by atoms with Crippen molar-refractivity contribution >= 4 is 12.0 Å². The van der Waals surface area contributed by atoms with Crippen LogP contribution in [0.5, 0.6) is 0 Å². The highest BCUT2D eigenvalue weighted by molar-refractivity contribution is 5.59. The molecule has 51 valence electrons. The summed E-state index contributed by atoms with van der Waals surface area (Å²) in [6.45, 7) is 0.254. The standard InChI is InChI=1S/C8H8NO/c10-7-6-9-8-4-2-1-3-5-8/h1-5,9H,6H2. The van der Waals surface area contributed by atoms with Gasteiger partial charge in [-0.25, -0.2) is 0 Å². The molecule has 0 aliphatic rings. The lowest BCUT2D eigenvalue weighted by molar-refractivity contribution is 0.557. The van der Waals surface area contributed by atoms with Crippen LogP contribution in [0.3, 0.4) is 0 Å². The lowest BCUT2D eigenvalue weighted by Gasteiger charge is -1.98. The number of anilines is 1. The largest absolute Gasteiger partial charge is 0.377 e. The van der Waals surface area contributed by atoms with Crippen molar-refractivity contribution in [3.05, 3.63) is 30.3 Å². The molecule has 1 rings (SSSR count). The van der Waals surface area contributed by atoms with Crippen molar-refractivity contribution in [2.45, 2.75) is 0 Å². The number of carbonyl (C=O) groups excluding carboxylic acids is 1. The zero-order valence-electron chi connectivity index (χ0n) is 5.50. The molecule has 0 aliphatic heterocycles. The average Bonchev–Trinajstić information content (AvgIpc) is 2.03. The van der Waals surface area contributed by atoms with Gasteiger partial charge in [-0.05, 0) is 12.1 Å². The minimum Gasteiger partial charge on any atom is -0.377 e. The summed E-state index contributed by atoms with van der Waals surface area (Å²) in [5.41, 5.74) is 0.950. The Hall–Kier alpha value is -1.31. The third kappa shape index (κ3) is 1.90. The highest BCUT2D eigenvalue weighted by Gasteiger charge is 1.85. The summed E-state index contributed by atoms with van der Waals surface area (Å²) >= 11 is 0. The van der Waals surface area contributed by atoms with E-state index in [1.165, 1.54) is 0 Å². The van der Waals surface area contributed by atoms with Gasteiger partial charge in [0, 0.05) is 5.69 Å². The van der Waals surface area contributed by atoms with Gasteiger partial charge in [-0.2, -0.15) is 0 Å². The van der Waals surface area contributed by atoms with Crippen molar-refractivity contribution in [3.8, 4) is 0 Å². The van der Waals surface area contributed by atoms with Gasteiger partial charge in [0.25, 0.3) is 0 Å². The van der Waals surface area contributed by atoms with Gasteiger partial charge < -0.3 is 5.32 Å². The van der Waals surface area contributed by atoms with E-state index in [0.29, 0.717) is 0 Å². The molecule has 0 spiro atoms. The van der Waals surface area contributed by atoms with Crippen molar-refractivity contribution in [2.24, 2.45) is 0 Å². The molecule has 0 heterocycles. The third-order valence-corrected chi connectivity index (χ3v) is 1.14. The molecule has 0 saturated carbocycles. The van der Waals surface area contributed by atoms with Gasteiger partial charge in [-0.3, -0.25) is 4.79 Å². The fourth-order valence-electron chi connectivity index (χ4n) is 0.694. The van der Waals surface area contributed by atoms with E-state index in [2.05, 4.69) is 5.32 Å². The summed E-state index contributed by atoms with van der Waals surface area (Å²) in [4.78, 5) is 9.79. The smallest absolute Gasteiger partial charge is 0.219 e. The summed E-state index contributed by atoms with van der Waals surface area (Å²) in [6, 6.07) is 9.55. The van der Waals surface area contributed by atoms with Crippen LogP contribution < -0.4 is 5.32 Å². The summed E-state index contributed by atoms with van der Waals surface area (Å²) in [5, 5.41) is 2.87. The van der Waals surface area contributed by atoms with E-state index in [1.807, 2.05) is 30.3 Å². The first-order chi connectivity index (χ1) is 4.93. The molecular formula is C8H8NO. The molecule has 0 atom stereocenters. The lowest BCUT2D eigenvalue weighted by atomic mass is 10.3. The van der Waals surface area contributed by atoms with Crippen LogP contribution in [-0.2, 0) is 4.79 Å². The molecule has 1 aromatic rings. The van der Waals surface area contributed by atoms with Crippen molar-refractivity contribution in [3.63, 3.8) is 0 Å². The number of rotatable bonds is 3. The van der Waals surface area contributed by atoms with Crippen LogP contribution in [0.2, 0.25) is 0 Å². The Morgan fingerprint density at radius 1 is 1.30 bits per heavy atom. The van der Waals surface area contributed by atoms with Crippen LogP contribution in [-0.4, -0.2) is 12.8 Å². The van der Waals surface area contributed by atoms with E-state index in [4.69, 9.17) is 0 Å². The number of para-hydroxylation sites is 1. The number of hydrogen-bond donors (Lipinski definition) is 1. The zero-order valence-corrected chi connectivity index (χ0v) is 5.50. The first kappa shape index (κ1) is 6.81.